The highest BCUT2D eigenvalue weighted by Gasteiger charge is 2.24. The number of rotatable bonds is 6. The van der Waals surface area contributed by atoms with Crippen LogP contribution < -0.4 is 5.32 Å². The molecule has 0 radical (unpaired) electrons. The molecule has 1 atom stereocenters. The Bertz CT molecular complexity index is 848. The van der Waals surface area contributed by atoms with E-state index in [1.54, 1.807) is 0 Å². The summed E-state index contributed by atoms with van der Waals surface area (Å²) in [6.45, 7) is 5.81. The van der Waals surface area contributed by atoms with Crippen LogP contribution in [0.1, 0.15) is 17.9 Å². The van der Waals surface area contributed by atoms with Crippen LogP contribution in [-0.2, 0) is 6.54 Å². The summed E-state index contributed by atoms with van der Waals surface area (Å²) < 4.78 is 5.82. The molecule has 3 heterocycles. The first-order valence-electron chi connectivity index (χ1n) is 9.03. The average molecular weight is 349 g/mol. The van der Waals surface area contributed by atoms with E-state index in [2.05, 4.69) is 38.4 Å². The van der Waals surface area contributed by atoms with Gasteiger partial charge in [-0.2, -0.15) is 0 Å². The molecule has 1 N–H and O–H groups in total. The Labute approximate surface area is 153 Å². The summed E-state index contributed by atoms with van der Waals surface area (Å²) in [4.78, 5) is 6.73. The van der Waals surface area contributed by atoms with Crippen LogP contribution >= 0.6 is 0 Å². The topological polar surface area (TPSA) is 67.1 Å². The van der Waals surface area contributed by atoms with Crippen molar-refractivity contribution in [3.63, 3.8) is 0 Å². The fraction of sp³-hybridized carbons (Fsp3) is 0.350. The largest absolute Gasteiger partial charge is 0.419 e. The van der Waals surface area contributed by atoms with Gasteiger partial charge in [-0.3, -0.25) is 4.90 Å². The van der Waals surface area contributed by atoms with Crippen molar-refractivity contribution >= 4 is 5.82 Å². The molecule has 0 aliphatic carbocycles. The van der Waals surface area contributed by atoms with E-state index in [1.165, 1.54) is 12.0 Å². The molecule has 134 valence electrons. The van der Waals surface area contributed by atoms with E-state index in [9.17, 15) is 0 Å². The second kappa shape index (κ2) is 7.66. The molecule has 1 saturated heterocycles. The van der Waals surface area contributed by atoms with Gasteiger partial charge in [0.1, 0.15) is 5.82 Å². The summed E-state index contributed by atoms with van der Waals surface area (Å²) in [7, 11) is 0. The predicted molar refractivity (Wildman–Crippen MR) is 101 cm³/mol. The molecule has 0 bridgehead atoms. The molecule has 1 aromatic carbocycles. The number of nitrogens with zero attached hydrogens (tertiary/aromatic N) is 4. The Morgan fingerprint density at radius 1 is 1.19 bits per heavy atom. The highest BCUT2D eigenvalue weighted by Crippen LogP contribution is 2.21. The zero-order chi connectivity index (χ0) is 17.8. The number of aromatic nitrogens is 3. The Morgan fingerprint density at radius 3 is 2.92 bits per heavy atom. The summed E-state index contributed by atoms with van der Waals surface area (Å²) in [5.41, 5.74) is 2.18. The lowest BCUT2D eigenvalue weighted by Crippen LogP contribution is -2.23. The molecule has 0 amide bonds. The molecule has 3 aromatic rings. The van der Waals surface area contributed by atoms with E-state index in [0.717, 1.165) is 31.0 Å². The zero-order valence-electron chi connectivity index (χ0n) is 14.9. The quantitative estimate of drug-likeness (QED) is 0.736. The van der Waals surface area contributed by atoms with Gasteiger partial charge in [-0.25, -0.2) is 4.98 Å². The van der Waals surface area contributed by atoms with Crippen LogP contribution in [0.3, 0.4) is 0 Å². The monoisotopic (exact) mass is 349 g/mol. The fourth-order valence-corrected chi connectivity index (χ4v) is 3.31. The molecule has 4 rings (SSSR count). The van der Waals surface area contributed by atoms with E-state index < -0.39 is 0 Å². The van der Waals surface area contributed by atoms with Gasteiger partial charge in [-0.15, -0.1) is 10.2 Å². The highest BCUT2D eigenvalue weighted by molar-refractivity contribution is 5.51. The lowest BCUT2D eigenvalue weighted by atomic mass is 10.1. The first-order valence-corrected chi connectivity index (χ1v) is 9.03. The number of hydrogen-bond donors (Lipinski definition) is 1. The van der Waals surface area contributed by atoms with Gasteiger partial charge >= 0.3 is 0 Å². The van der Waals surface area contributed by atoms with Gasteiger partial charge in [0.15, 0.2) is 0 Å². The average Bonchev–Trinajstić information content (AvgIpc) is 3.31. The van der Waals surface area contributed by atoms with Crippen molar-refractivity contribution in [1.82, 2.24) is 20.1 Å². The molecule has 6 nitrogen and oxygen atoms in total. The second-order valence-electron chi connectivity index (χ2n) is 6.86. The van der Waals surface area contributed by atoms with E-state index >= 15 is 0 Å². The maximum absolute atomic E-state index is 5.82. The van der Waals surface area contributed by atoms with E-state index in [0.29, 0.717) is 24.2 Å². The van der Waals surface area contributed by atoms with Gasteiger partial charge in [0.25, 0.3) is 0 Å². The van der Waals surface area contributed by atoms with Crippen LogP contribution in [0.15, 0.2) is 53.1 Å². The summed E-state index contributed by atoms with van der Waals surface area (Å²) in [6, 6.07) is 14.0. The number of aryl methyl sites for hydroxylation is 1. The molecule has 0 spiro atoms. The van der Waals surface area contributed by atoms with Crippen LogP contribution in [0.25, 0.3) is 11.5 Å². The minimum atomic E-state index is 0.587. The summed E-state index contributed by atoms with van der Waals surface area (Å²) in [6.07, 6.45) is 3.01. The Balaban J connectivity index is 1.29. The third-order valence-electron chi connectivity index (χ3n) is 4.70. The van der Waals surface area contributed by atoms with Crippen molar-refractivity contribution in [2.75, 3.05) is 25.0 Å². The number of nitrogens with one attached hydrogen (secondary N) is 1. The van der Waals surface area contributed by atoms with Gasteiger partial charge in [0, 0.05) is 24.8 Å². The standard InChI is InChI=1S/C20H23N5O/c1-15-7-9-21-18(11-15)22-12-16-8-10-25(13-16)14-19-23-24-20(26-19)17-5-3-2-4-6-17/h2-7,9,11,16H,8,10,12-14H2,1H3,(H,21,22). The van der Waals surface area contributed by atoms with Crippen molar-refractivity contribution in [2.24, 2.45) is 5.92 Å². The third-order valence-corrected chi connectivity index (χ3v) is 4.70. The first kappa shape index (κ1) is 16.7. The molecule has 26 heavy (non-hydrogen) atoms. The number of anilines is 1. The minimum Gasteiger partial charge on any atom is -0.419 e. The van der Waals surface area contributed by atoms with Crippen LogP contribution in [0.4, 0.5) is 5.82 Å². The van der Waals surface area contributed by atoms with E-state index in [4.69, 9.17) is 4.42 Å². The number of pyridine rings is 1. The number of benzene rings is 1. The van der Waals surface area contributed by atoms with Crippen molar-refractivity contribution in [2.45, 2.75) is 19.9 Å². The molecule has 1 fully saturated rings. The maximum atomic E-state index is 5.82. The molecule has 1 unspecified atom stereocenters. The normalized spacial score (nSPS) is 17.5. The first-order chi connectivity index (χ1) is 12.8. The molecule has 6 heteroatoms. The smallest absolute Gasteiger partial charge is 0.247 e. The van der Waals surface area contributed by atoms with Crippen LogP contribution in [0, 0.1) is 12.8 Å². The molecule has 1 aliphatic rings. The zero-order valence-corrected chi connectivity index (χ0v) is 14.9. The van der Waals surface area contributed by atoms with Gasteiger partial charge in [-0.05, 0) is 55.6 Å². The Hall–Kier alpha value is -2.73. The minimum absolute atomic E-state index is 0.587. The summed E-state index contributed by atoms with van der Waals surface area (Å²) >= 11 is 0. The van der Waals surface area contributed by atoms with Crippen LogP contribution in [-0.4, -0.2) is 39.7 Å². The second-order valence-corrected chi connectivity index (χ2v) is 6.86. The summed E-state index contributed by atoms with van der Waals surface area (Å²) in [5.74, 6) is 2.82. The van der Waals surface area contributed by atoms with Gasteiger partial charge in [0.2, 0.25) is 11.8 Å². The van der Waals surface area contributed by atoms with E-state index in [-0.39, 0.29) is 0 Å². The van der Waals surface area contributed by atoms with Gasteiger partial charge in [-0.1, -0.05) is 18.2 Å². The third kappa shape index (κ3) is 4.08. The summed E-state index contributed by atoms with van der Waals surface area (Å²) in [5, 5.41) is 11.8. The van der Waals surface area contributed by atoms with Crippen molar-refractivity contribution < 1.29 is 4.42 Å². The predicted octanol–water partition coefficient (Wildman–Crippen LogP) is 3.37. The number of hydrogen-bond acceptors (Lipinski definition) is 6. The lowest BCUT2D eigenvalue weighted by molar-refractivity contribution is 0.283. The Kier molecular flexibility index (Phi) is 4.93. The van der Waals surface area contributed by atoms with Gasteiger partial charge < -0.3 is 9.73 Å². The van der Waals surface area contributed by atoms with Crippen molar-refractivity contribution in [3.8, 4) is 11.5 Å². The fourth-order valence-electron chi connectivity index (χ4n) is 3.31. The number of likely N-dealkylation sites (tertiary alicyclic amines) is 1. The maximum Gasteiger partial charge on any atom is 0.247 e. The molecule has 1 aliphatic heterocycles. The molecule has 2 aromatic heterocycles. The SMILES string of the molecule is Cc1ccnc(NCC2CCN(Cc3nnc(-c4ccccc4)o3)C2)c1. The lowest BCUT2D eigenvalue weighted by Gasteiger charge is -2.14. The molecule has 0 saturated carbocycles. The molecular formula is C20H23N5O. The van der Waals surface area contributed by atoms with Gasteiger partial charge in [0.05, 0.1) is 6.54 Å². The van der Waals surface area contributed by atoms with Crippen molar-refractivity contribution in [3.05, 3.63) is 60.1 Å². The Morgan fingerprint density at radius 2 is 2.08 bits per heavy atom. The highest BCUT2D eigenvalue weighted by atomic mass is 16.4. The van der Waals surface area contributed by atoms with E-state index in [1.807, 2.05) is 42.6 Å². The van der Waals surface area contributed by atoms with Crippen molar-refractivity contribution in [1.29, 1.82) is 0 Å². The van der Waals surface area contributed by atoms with Crippen LogP contribution in [0.5, 0.6) is 0 Å². The molecular weight excluding hydrogens is 326 g/mol. The van der Waals surface area contributed by atoms with Crippen LogP contribution in [0.2, 0.25) is 0 Å².